The molecule has 1 unspecified atom stereocenters. The molecule has 0 amide bonds. The van der Waals surface area contributed by atoms with Gasteiger partial charge in [-0.15, -0.1) is 0 Å². The Bertz CT molecular complexity index is 138. The lowest BCUT2D eigenvalue weighted by Crippen LogP contribution is -3.03. The number of rotatable bonds is 1. The molecule has 0 radical (unpaired) electrons. The molecule has 9 heavy (non-hydrogen) atoms. The summed E-state index contributed by atoms with van der Waals surface area (Å²) in [6.07, 6.45) is 6.43. The van der Waals surface area contributed by atoms with E-state index in [1.807, 2.05) is 0 Å². The Hall–Kier alpha value is -0.0800. The third-order valence-electron chi connectivity index (χ3n) is 1.53. The highest BCUT2D eigenvalue weighted by atomic mass is 79.9. The van der Waals surface area contributed by atoms with E-state index in [1.54, 1.807) is 0 Å². The van der Waals surface area contributed by atoms with E-state index in [-0.39, 0.29) is 17.0 Å². The number of hydrogen-bond acceptors (Lipinski definition) is 0. The van der Waals surface area contributed by atoms with E-state index in [0.717, 1.165) is 0 Å². The fraction of sp³-hybridized carbons (Fsp3) is 0.429. The minimum Gasteiger partial charge on any atom is -1.00 e. The van der Waals surface area contributed by atoms with Crippen LogP contribution in [0.2, 0.25) is 0 Å². The molecule has 1 heterocycles. The highest BCUT2D eigenvalue weighted by Crippen LogP contribution is 1.86. The minimum atomic E-state index is 0. The minimum absolute atomic E-state index is 0. The van der Waals surface area contributed by atoms with Crippen molar-refractivity contribution in [3.8, 4) is 0 Å². The van der Waals surface area contributed by atoms with Crippen molar-refractivity contribution >= 4 is 0 Å². The van der Waals surface area contributed by atoms with Gasteiger partial charge in [0.05, 0.1) is 12.7 Å². The first kappa shape index (κ1) is 8.92. The first-order chi connectivity index (χ1) is 3.84. The molecule has 0 saturated carbocycles. The monoisotopic (exact) mass is 189 g/mol. The van der Waals surface area contributed by atoms with Crippen molar-refractivity contribution in [1.29, 1.82) is 0 Å². The molecule has 52 valence electrons. The molecule has 0 spiro atoms. The van der Waals surface area contributed by atoms with Crippen molar-refractivity contribution in [2.24, 2.45) is 0 Å². The molecule has 0 fully saturated rings. The fourth-order valence-electron chi connectivity index (χ4n) is 0.944. The topological polar surface area (TPSA) is 4.44 Å². The Morgan fingerprint density at radius 1 is 1.56 bits per heavy atom. The summed E-state index contributed by atoms with van der Waals surface area (Å²) < 4.78 is 0. The number of allylic oxidation sites excluding steroid dienone is 3. The molecule has 1 nitrogen and oxygen atoms in total. The quantitative estimate of drug-likeness (QED) is 0.460. The zero-order valence-electron chi connectivity index (χ0n) is 5.82. The van der Waals surface area contributed by atoms with Gasteiger partial charge in [-0.2, -0.15) is 0 Å². The molecule has 0 aromatic carbocycles. The predicted molar refractivity (Wildman–Crippen MR) is 34.4 cm³/mol. The van der Waals surface area contributed by atoms with E-state index in [2.05, 4.69) is 32.2 Å². The van der Waals surface area contributed by atoms with E-state index >= 15 is 0 Å². The maximum Gasteiger partial charge on any atom is 0.109 e. The van der Waals surface area contributed by atoms with Crippen molar-refractivity contribution in [3.05, 3.63) is 24.0 Å². The molecule has 0 aliphatic carbocycles. The number of halogens is 1. The first-order valence-electron chi connectivity index (χ1n) is 3.05. The van der Waals surface area contributed by atoms with Gasteiger partial charge in [-0.05, 0) is 19.1 Å². The lowest BCUT2D eigenvalue weighted by atomic mass is 10.4. The zero-order chi connectivity index (χ0) is 5.98. The Morgan fingerprint density at radius 3 is 2.44 bits per heavy atom. The Kier molecular flexibility index (Phi) is 3.82. The van der Waals surface area contributed by atoms with E-state index in [0.29, 0.717) is 0 Å². The Labute approximate surface area is 66.8 Å². The largest absolute Gasteiger partial charge is 1.00 e. The van der Waals surface area contributed by atoms with Gasteiger partial charge < -0.3 is 17.0 Å². The zero-order valence-corrected chi connectivity index (χ0v) is 7.40. The summed E-state index contributed by atoms with van der Waals surface area (Å²) in [6, 6.07) is 0. The third kappa shape index (κ3) is 1.95. The number of hydrogen-bond donors (Lipinski definition) is 1. The van der Waals surface area contributed by atoms with Gasteiger partial charge in [-0.1, -0.05) is 0 Å². The second kappa shape index (κ2) is 3.85. The van der Waals surface area contributed by atoms with Gasteiger partial charge in [-0.25, -0.2) is 0 Å². The third-order valence-corrected chi connectivity index (χ3v) is 1.53. The maximum atomic E-state index is 2.18. The summed E-state index contributed by atoms with van der Waals surface area (Å²) in [7, 11) is 0. The van der Waals surface area contributed by atoms with Gasteiger partial charge in [-0.3, -0.25) is 4.90 Å². The lowest BCUT2D eigenvalue weighted by molar-refractivity contribution is -0.799. The average Bonchev–Trinajstić information content (AvgIpc) is 2.14. The molecule has 0 aromatic rings. The molecular weight excluding hydrogens is 178 g/mol. The molecule has 1 atom stereocenters. The second-order valence-corrected chi connectivity index (χ2v) is 2.09. The Morgan fingerprint density at radius 2 is 2.22 bits per heavy atom. The highest BCUT2D eigenvalue weighted by Gasteiger charge is 2.06. The molecule has 0 saturated heterocycles. The van der Waals surface area contributed by atoms with E-state index < -0.39 is 0 Å². The summed E-state index contributed by atoms with van der Waals surface area (Å²) in [4.78, 5) is 1.48. The van der Waals surface area contributed by atoms with Crippen molar-refractivity contribution in [2.75, 3.05) is 6.54 Å². The van der Waals surface area contributed by atoms with Crippen LogP contribution < -0.4 is 21.9 Å². The van der Waals surface area contributed by atoms with Crippen LogP contribution in [0.5, 0.6) is 0 Å². The maximum absolute atomic E-state index is 2.18. The van der Waals surface area contributed by atoms with Gasteiger partial charge >= 0.3 is 0 Å². The van der Waals surface area contributed by atoms with Crippen LogP contribution in [0.25, 0.3) is 0 Å². The predicted octanol–water partition coefficient (Wildman–Crippen LogP) is -2.67. The molecule has 1 N–H and O–H groups in total. The van der Waals surface area contributed by atoms with Crippen LogP contribution in [0, 0.1) is 0 Å². The summed E-state index contributed by atoms with van der Waals surface area (Å²) in [5.74, 6) is 0. The van der Waals surface area contributed by atoms with Crippen LogP contribution in [0.1, 0.15) is 13.8 Å². The smallest absolute Gasteiger partial charge is 0.109 e. The van der Waals surface area contributed by atoms with E-state index in [9.17, 15) is 0 Å². The van der Waals surface area contributed by atoms with Crippen LogP contribution in [-0.4, -0.2) is 6.54 Å². The highest BCUT2D eigenvalue weighted by molar-refractivity contribution is 5.08. The second-order valence-electron chi connectivity index (χ2n) is 2.09. The van der Waals surface area contributed by atoms with Crippen LogP contribution in [0.15, 0.2) is 24.0 Å². The summed E-state index contributed by atoms with van der Waals surface area (Å²) in [6.45, 7) is 5.50. The summed E-state index contributed by atoms with van der Waals surface area (Å²) >= 11 is 0. The number of quaternary nitrogens is 1. The Balaban J connectivity index is 0.000000640. The van der Waals surface area contributed by atoms with E-state index in [1.165, 1.54) is 17.1 Å². The fourth-order valence-corrected chi connectivity index (χ4v) is 0.944. The molecule has 2 heteroatoms. The summed E-state index contributed by atoms with van der Waals surface area (Å²) in [5.41, 5.74) is 1.42. The van der Waals surface area contributed by atoms with Gasteiger partial charge in [0.25, 0.3) is 0 Å². The molecule has 0 aromatic heterocycles. The normalized spacial score (nSPS) is 23.3. The molecule has 0 bridgehead atoms. The van der Waals surface area contributed by atoms with E-state index in [4.69, 9.17) is 0 Å². The van der Waals surface area contributed by atoms with Gasteiger partial charge in [0, 0.05) is 6.92 Å². The average molecular weight is 190 g/mol. The van der Waals surface area contributed by atoms with Crippen molar-refractivity contribution in [1.82, 2.24) is 0 Å². The van der Waals surface area contributed by atoms with Crippen molar-refractivity contribution in [3.63, 3.8) is 0 Å². The van der Waals surface area contributed by atoms with Gasteiger partial charge in [0.15, 0.2) is 0 Å². The standard InChI is InChI=1S/C7H11N.BrH/c1-3-8-6-4-5-7(8)2;/h4-6H,3H2,1-2H3;1H. The van der Waals surface area contributed by atoms with Crippen LogP contribution >= 0.6 is 0 Å². The molecule has 1 aliphatic rings. The summed E-state index contributed by atoms with van der Waals surface area (Å²) in [5, 5.41) is 0. The molecule has 1 aliphatic heterocycles. The first-order valence-corrected chi connectivity index (χ1v) is 3.05. The molecular formula is C7H12BrN. The van der Waals surface area contributed by atoms with Crippen molar-refractivity contribution in [2.45, 2.75) is 13.8 Å². The number of nitrogens with one attached hydrogen (secondary N) is 1. The lowest BCUT2D eigenvalue weighted by Gasteiger charge is -2.05. The SMILES string of the molecule is CC[NH+]1C=CC=C1C.[Br-]. The van der Waals surface area contributed by atoms with Gasteiger partial charge in [0.2, 0.25) is 0 Å². The van der Waals surface area contributed by atoms with Crippen molar-refractivity contribution < 1.29 is 21.9 Å². The van der Waals surface area contributed by atoms with Crippen LogP contribution in [0.3, 0.4) is 0 Å². The van der Waals surface area contributed by atoms with Gasteiger partial charge in [0.1, 0.15) is 5.70 Å². The molecule has 1 rings (SSSR count). The van der Waals surface area contributed by atoms with Crippen LogP contribution in [-0.2, 0) is 0 Å². The van der Waals surface area contributed by atoms with Crippen LogP contribution in [0.4, 0.5) is 0 Å².